The quantitative estimate of drug-likeness (QED) is 0.329. The van der Waals surface area contributed by atoms with Crippen LogP contribution in [-0.4, -0.2) is 46.9 Å². The Morgan fingerprint density at radius 3 is 2.27 bits per heavy atom. The van der Waals surface area contributed by atoms with Gasteiger partial charge in [0.15, 0.2) is 0 Å². The lowest BCUT2D eigenvalue weighted by Gasteiger charge is -2.20. The lowest BCUT2D eigenvalue weighted by atomic mass is 10.2. The maximum Gasteiger partial charge on any atom is 0.251 e. The minimum Gasteiger partial charge on any atom is -0.352 e. The molecular weight excluding hydrogens is 552 g/mol. The number of nitrogens with zero attached hydrogens (tertiary/aromatic N) is 1. The molecule has 0 spiro atoms. The molecule has 0 aliphatic heterocycles. The first kappa shape index (κ1) is 24.1. The Hall–Kier alpha value is 0.0400. The summed E-state index contributed by atoms with van der Waals surface area (Å²) in [5.74, 6) is -0.274. The van der Waals surface area contributed by atoms with Gasteiger partial charge in [-0.3, -0.25) is 4.79 Å². The van der Waals surface area contributed by atoms with Gasteiger partial charge in [0.05, 0.1) is 4.90 Å². The van der Waals surface area contributed by atoms with Crippen LogP contribution >= 0.6 is 47.8 Å². The summed E-state index contributed by atoms with van der Waals surface area (Å²) in [4.78, 5) is 14.8. The molecule has 0 aliphatic carbocycles. The summed E-state index contributed by atoms with van der Waals surface area (Å²) >= 11 is 9.09. The van der Waals surface area contributed by atoms with Crippen molar-refractivity contribution in [2.24, 2.45) is 0 Å². The fourth-order valence-electron chi connectivity index (χ4n) is 2.51. The van der Waals surface area contributed by atoms with E-state index in [9.17, 15) is 13.2 Å². The Labute approximate surface area is 181 Å². The Morgan fingerprint density at radius 1 is 1.12 bits per heavy atom. The fraction of sp³-hybridized carbons (Fsp3) is 0.588. The highest BCUT2D eigenvalue weighted by atomic mass is 80.0. The summed E-state index contributed by atoms with van der Waals surface area (Å²) in [5, 5.41) is 2.86. The van der Waals surface area contributed by atoms with Crippen LogP contribution in [0.5, 0.6) is 0 Å². The lowest BCUT2D eigenvalue weighted by molar-refractivity contribution is 0.0951. The molecule has 1 amide bonds. The van der Waals surface area contributed by atoms with Crippen molar-refractivity contribution >= 4 is 63.5 Å². The maximum absolute atomic E-state index is 12.4. The molecule has 26 heavy (non-hydrogen) atoms. The minimum atomic E-state index is -3.72. The highest BCUT2D eigenvalue weighted by Crippen LogP contribution is 2.43. The Bertz CT molecular complexity index is 685. The number of halogens is 3. The van der Waals surface area contributed by atoms with Gasteiger partial charge in [-0.25, -0.2) is 8.42 Å². The molecule has 1 rings (SSSR count). The van der Waals surface area contributed by atoms with Gasteiger partial charge in [-0.1, -0.05) is 19.9 Å². The number of rotatable bonds is 10. The highest BCUT2D eigenvalue weighted by Gasteiger charge is 2.37. The van der Waals surface area contributed by atoms with Crippen molar-refractivity contribution in [3.8, 4) is 0 Å². The fourth-order valence-corrected chi connectivity index (χ4v) is 5.00. The van der Waals surface area contributed by atoms with Gasteiger partial charge in [0, 0.05) is 12.1 Å². The Kier molecular flexibility index (Phi) is 10.3. The third kappa shape index (κ3) is 7.22. The van der Waals surface area contributed by atoms with Crippen molar-refractivity contribution in [1.29, 1.82) is 0 Å². The van der Waals surface area contributed by atoms with Crippen molar-refractivity contribution in [1.82, 2.24) is 10.2 Å². The number of hydrogen-bond donors (Lipinski definition) is 1. The molecule has 9 heteroatoms. The minimum absolute atomic E-state index is 0.0489. The van der Waals surface area contributed by atoms with Crippen LogP contribution in [0.25, 0.3) is 0 Å². The van der Waals surface area contributed by atoms with Crippen molar-refractivity contribution in [3.05, 3.63) is 29.8 Å². The first-order chi connectivity index (χ1) is 12.1. The summed E-state index contributed by atoms with van der Waals surface area (Å²) < 4.78 is 23.4. The molecule has 1 aromatic rings. The number of hydrogen-bond acceptors (Lipinski definition) is 4. The molecule has 148 valence electrons. The second-order valence-electron chi connectivity index (χ2n) is 5.93. The molecule has 0 heterocycles. The zero-order valence-corrected chi connectivity index (χ0v) is 20.5. The first-order valence-electron chi connectivity index (χ1n) is 8.55. The van der Waals surface area contributed by atoms with E-state index >= 15 is 0 Å². The van der Waals surface area contributed by atoms with Gasteiger partial charge >= 0.3 is 0 Å². The van der Waals surface area contributed by atoms with Gasteiger partial charge in [-0.2, -0.15) is 0 Å². The average molecular weight is 577 g/mol. The number of nitrogens with one attached hydrogen (secondary N) is 1. The molecule has 0 aromatic heterocycles. The van der Waals surface area contributed by atoms with E-state index in [1.54, 1.807) is 12.1 Å². The van der Waals surface area contributed by atoms with Crippen LogP contribution in [-0.2, 0) is 9.84 Å². The summed E-state index contributed by atoms with van der Waals surface area (Å²) in [6.45, 7) is 7.94. The molecule has 0 fully saturated rings. The van der Waals surface area contributed by atoms with Crippen LogP contribution in [0.1, 0.15) is 43.5 Å². The number of amides is 1. The number of carbonyl (C=O) groups is 1. The SMILES string of the molecule is CCCN(CCC)CCCNC(=O)c1cccc(S(=O)(=O)C(Br)(Br)Br)c1. The molecule has 0 bridgehead atoms. The zero-order chi connectivity index (χ0) is 19.8. The second kappa shape index (κ2) is 11.1. The van der Waals surface area contributed by atoms with Gasteiger partial charge in [0.1, 0.15) is 0 Å². The Morgan fingerprint density at radius 2 is 1.73 bits per heavy atom. The predicted molar refractivity (Wildman–Crippen MR) is 117 cm³/mol. The molecule has 0 aliphatic rings. The Balaban J connectivity index is 2.65. The van der Waals surface area contributed by atoms with E-state index in [1.807, 2.05) is 0 Å². The molecule has 1 aromatic carbocycles. The average Bonchev–Trinajstić information content (AvgIpc) is 2.58. The van der Waals surface area contributed by atoms with Crippen LogP contribution in [0.3, 0.4) is 0 Å². The molecule has 0 saturated carbocycles. The van der Waals surface area contributed by atoms with Crippen LogP contribution in [0.4, 0.5) is 0 Å². The molecule has 0 saturated heterocycles. The van der Waals surface area contributed by atoms with E-state index in [0.29, 0.717) is 12.1 Å². The van der Waals surface area contributed by atoms with E-state index in [-0.39, 0.29) is 10.8 Å². The zero-order valence-electron chi connectivity index (χ0n) is 15.0. The molecule has 0 unspecified atom stereocenters. The standard InChI is InChI=1S/C17H25Br3N2O3S/c1-3-10-22(11-4-2)12-6-9-21-16(23)14-7-5-8-15(13-14)26(24,25)17(18,19)20/h5,7-8,13H,3-4,6,9-12H2,1-2H3,(H,21,23). The smallest absolute Gasteiger partial charge is 0.251 e. The first-order valence-corrected chi connectivity index (χ1v) is 12.4. The van der Waals surface area contributed by atoms with Crippen LogP contribution in [0, 0.1) is 0 Å². The van der Waals surface area contributed by atoms with Gasteiger partial charge in [-0.15, -0.1) is 0 Å². The molecule has 1 N–H and O–H groups in total. The highest BCUT2D eigenvalue weighted by molar-refractivity contribution is 9.42. The topological polar surface area (TPSA) is 66.5 Å². The number of alkyl halides is 3. The normalized spacial score (nSPS) is 12.4. The molecule has 5 nitrogen and oxygen atoms in total. The second-order valence-corrected chi connectivity index (χ2v) is 16.4. The van der Waals surface area contributed by atoms with E-state index < -0.39 is 11.3 Å². The van der Waals surface area contributed by atoms with Crippen LogP contribution < -0.4 is 5.32 Å². The summed E-state index contributed by atoms with van der Waals surface area (Å²) in [7, 11) is -3.72. The molecular formula is C17H25Br3N2O3S. The summed E-state index contributed by atoms with van der Waals surface area (Å²) in [6, 6.07) is 6.00. The number of sulfone groups is 1. The van der Waals surface area contributed by atoms with E-state index in [4.69, 9.17) is 0 Å². The van der Waals surface area contributed by atoms with Crippen molar-refractivity contribution in [2.75, 3.05) is 26.2 Å². The monoisotopic (exact) mass is 574 g/mol. The van der Waals surface area contributed by atoms with Gasteiger partial charge in [0.2, 0.25) is 11.3 Å². The molecule has 0 radical (unpaired) electrons. The summed E-state index contributed by atoms with van der Waals surface area (Å²) in [5.41, 5.74) is 0.321. The van der Waals surface area contributed by atoms with E-state index in [1.165, 1.54) is 12.1 Å². The van der Waals surface area contributed by atoms with E-state index in [2.05, 4.69) is 71.9 Å². The third-order valence-electron chi connectivity index (χ3n) is 3.73. The van der Waals surface area contributed by atoms with E-state index in [0.717, 1.165) is 38.9 Å². The maximum atomic E-state index is 12.4. The van der Waals surface area contributed by atoms with Gasteiger partial charge < -0.3 is 10.2 Å². The number of benzene rings is 1. The third-order valence-corrected chi connectivity index (χ3v) is 9.05. The van der Waals surface area contributed by atoms with Crippen molar-refractivity contribution < 1.29 is 13.2 Å². The summed E-state index contributed by atoms with van der Waals surface area (Å²) in [6.07, 6.45) is 3.09. The largest absolute Gasteiger partial charge is 0.352 e. The molecule has 0 atom stereocenters. The number of carbonyl (C=O) groups excluding carboxylic acids is 1. The van der Waals surface area contributed by atoms with Crippen LogP contribution in [0.15, 0.2) is 29.2 Å². The predicted octanol–water partition coefficient (Wildman–Crippen LogP) is 4.50. The van der Waals surface area contributed by atoms with Crippen molar-refractivity contribution in [2.45, 2.75) is 39.5 Å². The van der Waals surface area contributed by atoms with Gasteiger partial charge in [-0.05, 0) is 105 Å². The lowest BCUT2D eigenvalue weighted by Crippen LogP contribution is -2.31. The van der Waals surface area contributed by atoms with Gasteiger partial charge in [0.25, 0.3) is 5.91 Å². The van der Waals surface area contributed by atoms with Crippen molar-refractivity contribution in [3.63, 3.8) is 0 Å². The van der Waals surface area contributed by atoms with Crippen LogP contribution in [0.2, 0.25) is 0 Å².